The highest BCUT2D eigenvalue weighted by atomic mass is 32.2. The lowest BCUT2D eigenvalue weighted by Gasteiger charge is -2.38. The van der Waals surface area contributed by atoms with E-state index < -0.39 is 27.7 Å². The van der Waals surface area contributed by atoms with E-state index in [0.29, 0.717) is 24.8 Å². The van der Waals surface area contributed by atoms with E-state index in [9.17, 15) is 13.2 Å². The smallest absolute Gasteiger partial charge is 0.411 e. The fraction of sp³-hybridized carbons (Fsp3) is 0.500. The van der Waals surface area contributed by atoms with Crippen molar-refractivity contribution >= 4 is 26.7 Å². The number of piperidine rings is 1. The standard InChI is InChI=1S/C20H27N3O4S/c1-20(2,3)27-19(24)23-9-8-13(10-17(23)21)15-7-5-6-14-11-22-12-16(18(14)15)28(4,25)26/h5-7,11-13,17H,8-10,21H2,1-4H3. The van der Waals surface area contributed by atoms with E-state index in [1.54, 1.807) is 11.1 Å². The average Bonchev–Trinajstić information content (AvgIpc) is 2.58. The summed E-state index contributed by atoms with van der Waals surface area (Å²) in [7, 11) is -3.43. The Bertz CT molecular complexity index is 993. The average molecular weight is 406 g/mol. The molecule has 2 atom stereocenters. The zero-order valence-corrected chi connectivity index (χ0v) is 17.5. The number of nitrogens with zero attached hydrogens (tertiary/aromatic N) is 2. The van der Waals surface area contributed by atoms with Crippen LogP contribution in [0.2, 0.25) is 0 Å². The Kier molecular flexibility index (Phi) is 5.38. The van der Waals surface area contributed by atoms with E-state index in [2.05, 4.69) is 4.98 Å². The van der Waals surface area contributed by atoms with Gasteiger partial charge in [-0.05, 0) is 45.1 Å². The van der Waals surface area contributed by atoms with Crippen LogP contribution in [0.4, 0.5) is 4.79 Å². The van der Waals surface area contributed by atoms with Crippen LogP contribution < -0.4 is 5.73 Å². The lowest BCUT2D eigenvalue weighted by molar-refractivity contribution is 0.00892. The molecule has 0 aliphatic carbocycles. The van der Waals surface area contributed by atoms with Crippen LogP contribution in [-0.2, 0) is 14.6 Å². The van der Waals surface area contributed by atoms with Crippen LogP contribution >= 0.6 is 0 Å². The van der Waals surface area contributed by atoms with E-state index in [4.69, 9.17) is 10.5 Å². The van der Waals surface area contributed by atoms with Gasteiger partial charge in [0.05, 0.1) is 11.1 Å². The fourth-order valence-corrected chi connectivity index (χ4v) is 4.54. The highest BCUT2D eigenvalue weighted by Crippen LogP contribution is 2.37. The lowest BCUT2D eigenvalue weighted by atomic mass is 9.85. The number of carbonyl (C=O) groups is 1. The number of sulfone groups is 1. The number of benzene rings is 1. The summed E-state index contributed by atoms with van der Waals surface area (Å²) in [5.74, 6) is 0.0419. The number of ether oxygens (including phenoxy) is 1. The molecule has 7 nitrogen and oxygen atoms in total. The zero-order valence-electron chi connectivity index (χ0n) is 16.7. The van der Waals surface area contributed by atoms with Gasteiger partial charge >= 0.3 is 6.09 Å². The monoisotopic (exact) mass is 405 g/mol. The van der Waals surface area contributed by atoms with Gasteiger partial charge in [0.2, 0.25) is 0 Å². The van der Waals surface area contributed by atoms with Gasteiger partial charge < -0.3 is 10.5 Å². The van der Waals surface area contributed by atoms with E-state index in [0.717, 1.165) is 10.9 Å². The van der Waals surface area contributed by atoms with Crippen molar-refractivity contribution in [2.75, 3.05) is 12.8 Å². The fourth-order valence-electron chi connectivity index (χ4n) is 3.68. The zero-order chi connectivity index (χ0) is 20.7. The van der Waals surface area contributed by atoms with Gasteiger partial charge in [0.15, 0.2) is 9.84 Å². The molecule has 1 fully saturated rings. The van der Waals surface area contributed by atoms with Crippen molar-refractivity contribution < 1.29 is 17.9 Å². The van der Waals surface area contributed by atoms with E-state index in [1.807, 2.05) is 39.0 Å². The topological polar surface area (TPSA) is 103 Å². The molecule has 0 radical (unpaired) electrons. The molecule has 8 heteroatoms. The molecule has 0 bridgehead atoms. The predicted octanol–water partition coefficient (Wildman–Crippen LogP) is 3.04. The Morgan fingerprint density at radius 3 is 2.61 bits per heavy atom. The molecule has 1 saturated heterocycles. The van der Waals surface area contributed by atoms with Crippen molar-refractivity contribution in [3.05, 3.63) is 36.2 Å². The Balaban J connectivity index is 1.93. The van der Waals surface area contributed by atoms with Crippen LogP contribution in [0.5, 0.6) is 0 Å². The summed E-state index contributed by atoms with van der Waals surface area (Å²) in [5.41, 5.74) is 6.64. The SMILES string of the molecule is CC(C)(C)OC(=O)N1CCC(c2cccc3cncc(S(C)(=O)=O)c23)CC1N. The van der Waals surface area contributed by atoms with Crippen molar-refractivity contribution in [2.24, 2.45) is 5.73 Å². The van der Waals surface area contributed by atoms with Crippen LogP contribution in [-0.4, -0.2) is 49.0 Å². The molecule has 28 heavy (non-hydrogen) atoms. The third-order valence-corrected chi connectivity index (χ3v) is 6.00. The normalized spacial score (nSPS) is 21.0. The van der Waals surface area contributed by atoms with E-state index in [1.165, 1.54) is 12.5 Å². The van der Waals surface area contributed by atoms with Gasteiger partial charge in [-0.15, -0.1) is 0 Å². The number of likely N-dealkylation sites (tertiary alicyclic amines) is 1. The van der Waals surface area contributed by atoms with Gasteiger partial charge in [-0.3, -0.25) is 9.88 Å². The molecule has 0 saturated carbocycles. The number of pyridine rings is 1. The maximum atomic E-state index is 12.4. The number of fused-ring (bicyclic) bond motifs is 1. The van der Waals surface area contributed by atoms with Crippen LogP contribution in [0.15, 0.2) is 35.5 Å². The van der Waals surface area contributed by atoms with E-state index in [-0.39, 0.29) is 10.8 Å². The predicted molar refractivity (Wildman–Crippen MR) is 108 cm³/mol. The van der Waals surface area contributed by atoms with Gasteiger partial charge in [0.1, 0.15) is 5.60 Å². The van der Waals surface area contributed by atoms with Crippen molar-refractivity contribution in [2.45, 2.75) is 56.2 Å². The number of aromatic nitrogens is 1. The summed E-state index contributed by atoms with van der Waals surface area (Å²) in [6.07, 6.45) is 4.56. The first-order valence-electron chi connectivity index (χ1n) is 9.29. The maximum Gasteiger partial charge on any atom is 0.411 e. The number of amides is 1. The van der Waals surface area contributed by atoms with Crippen LogP contribution in [0, 0.1) is 0 Å². The minimum atomic E-state index is -3.43. The molecule has 2 aromatic rings. The molecule has 1 aromatic heterocycles. The molecule has 1 aliphatic heterocycles. The van der Waals surface area contributed by atoms with Crippen molar-refractivity contribution in [3.63, 3.8) is 0 Å². The van der Waals surface area contributed by atoms with Gasteiger partial charge in [-0.2, -0.15) is 0 Å². The molecule has 2 unspecified atom stereocenters. The number of carbonyl (C=O) groups excluding carboxylic acids is 1. The first-order chi connectivity index (χ1) is 13.0. The van der Waals surface area contributed by atoms with Crippen LogP contribution in [0.1, 0.15) is 45.1 Å². The lowest BCUT2D eigenvalue weighted by Crippen LogP contribution is -2.51. The van der Waals surface area contributed by atoms with Crippen molar-refractivity contribution in [3.8, 4) is 0 Å². The third-order valence-electron chi connectivity index (χ3n) is 4.89. The Morgan fingerprint density at radius 1 is 1.29 bits per heavy atom. The summed E-state index contributed by atoms with van der Waals surface area (Å²) in [6, 6.07) is 5.70. The maximum absolute atomic E-state index is 12.4. The van der Waals surface area contributed by atoms with Crippen LogP contribution in [0.3, 0.4) is 0 Å². The number of hydrogen-bond donors (Lipinski definition) is 1. The molecule has 0 spiro atoms. The second-order valence-electron chi connectivity index (χ2n) is 8.32. The summed E-state index contributed by atoms with van der Waals surface area (Å²) in [4.78, 5) is 18.3. The van der Waals surface area contributed by atoms with E-state index >= 15 is 0 Å². The molecule has 1 aromatic carbocycles. The number of nitrogens with two attached hydrogens (primary N) is 1. The second kappa shape index (κ2) is 7.33. The first-order valence-corrected chi connectivity index (χ1v) is 11.2. The summed E-state index contributed by atoms with van der Waals surface area (Å²) in [5, 5.41) is 1.48. The first kappa shape index (κ1) is 20.5. The molecule has 152 valence electrons. The summed E-state index contributed by atoms with van der Waals surface area (Å²) < 4.78 is 30.0. The van der Waals surface area contributed by atoms with Crippen LogP contribution in [0.25, 0.3) is 10.8 Å². The quantitative estimate of drug-likeness (QED) is 0.824. The summed E-state index contributed by atoms with van der Waals surface area (Å²) >= 11 is 0. The van der Waals surface area contributed by atoms with Crippen molar-refractivity contribution in [1.29, 1.82) is 0 Å². The third kappa shape index (κ3) is 4.28. The Labute approximate surface area is 165 Å². The minimum absolute atomic E-state index is 0.0419. The highest BCUT2D eigenvalue weighted by Gasteiger charge is 2.33. The number of rotatable bonds is 2. The minimum Gasteiger partial charge on any atom is -0.444 e. The van der Waals surface area contributed by atoms with Gasteiger partial charge in [-0.25, -0.2) is 13.2 Å². The molecule has 1 amide bonds. The molecule has 3 rings (SSSR count). The van der Waals surface area contributed by atoms with Gasteiger partial charge in [0.25, 0.3) is 0 Å². The molecular weight excluding hydrogens is 378 g/mol. The highest BCUT2D eigenvalue weighted by molar-refractivity contribution is 7.91. The Morgan fingerprint density at radius 2 is 2.00 bits per heavy atom. The Hall–Kier alpha value is -2.19. The molecule has 2 N–H and O–H groups in total. The molecule has 2 heterocycles. The molecule has 1 aliphatic rings. The summed E-state index contributed by atoms with van der Waals surface area (Å²) in [6.45, 7) is 5.91. The number of hydrogen-bond acceptors (Lipinski definition) is 6. The molecular formula is C20H27N3O4S. The second-order valence-corrected chi connectivity index (χ2v) is 10.3. The van der Waals surface area contributed by atoms with Crippen molar-refractivity contribution in [1.82, 2.24) is 9.88 Å². The largest absolute Gasteiger partial charge is 0.444 e. The van der Waals surface area contributed by atoms with Gasteiger partial charge in [0, 0.05) is 36.0 Å². The van der Waals surface area contributed by atoms with Gasteiger partial charge in [-0.1, -0.05) is 18.2 Å².